The van der Waals surface area contributed by atoms with Crippen LogP contribution in [0.2, 0.25) is 0 Å². The summed E-state index contributed by atoms with van der Waals surface area (Å²) in [5.41, 5.74) is 4.14. The smallest absolute Gasteiger partial charge is 0.291 e. The summed E-state index contributed by atoms with van der Waals surface area (Å²) >= 11 is 1.33. The van der Waals surface area contributed by atoms with Crippen LogP contribution in [0.15, 0.2) is 83.7 Å². The van der Waals surface area contributed by atoms with E-state index in [1.165, 1.54) is 21.4 Å². The highest BCUT2D eigenvalue weighted by atomic mass is 32.1. The summed E-state index contributed by atoms with van der Waals surface area (Å²) < 4.78 is 7.79. The van der Waals surface area contributed by atoms with Gasteiger partial charge in [0.1, 0.15) is 12.4 Å². The summed E-state index contributed by atoms with van der Waals surface area (Å²) in [7, 11) is 0. The molecule has 0 N–H and O–H groups in total. The van der Waals surface area contributed by atoms with Crippen molar-refractivity contribution in [3.8, 4) is 5.75 Å². The highest BCUT2D eigenvalue weighted by Crippen LogP contribution is 2.15. The molecule has 0 atom stereocenters. The largest absolute Gasteiger partial charge is 0.489 e. The number of benzene rings is 3. The van der Waals surface area contributed by atoms with Gasteiger partial charge in [-0.25, -0.2) is 0 Å². The highest BCUT2D eigenvalue weighted by molar-refractivity contribution is 7.15. The van der Waals surface area contributed by atoms with Gasteiger partial charge in [0.05, 0.1) is 4.53 Å². The van der Waals surface area contributed by atoms with E-state index in [2.05, 4.69) is 29.1 Å². The molecule has 0 saturated heterocycles. The van der Waals surface area contributed by atoms with Gasteiger partial charge in [-0.1, -0.05) is 89.7 Å². The predicted molar refractivity (Wildman–Crippen MR) is 133 cm³/mol. The third-order valence-corrected chi connectivity index (χ3v) is 6.09. The minimum Gasteiger partial charge on any atom is -0.489 e. The Kier molecular flexibility index (Phi) is 5.83. The SMILES string of the molecule is Cc1ccc(C=Cc2nc3sc(=Cc4ccc(OCc5ccccc5)cc4)c(=O)n3n2)cc1. The topological polar surface area (TPSA) is 56.5 Å². The van der Waals surface area contributed by atoms with E-state index in [1.807, 2.05) is 85.0 Å². The fourth-order valence-electron chi connectivity index (χ4n) is 3.32. The van der Waals surface area contributed by atoms with E-state index in [4.69, 9.17) is 4.74 Å². The molecule has 0 aliphatic rings. The van der Waals surface area contributed by atoms with Crippen molar-refractivity contribution in [1.82, 2.24) is 14.6 Å². The molecule has 0 amide bonds. The normalized spacial score (nSPS) is 12.1. The maximum Gasteiger partial charge on any atom is 0.291 e. The van der Waals surface area contributed by atoms with Crippen LogP contribution in [-0.4, -0.2) is 14.6 Å². The third kappa shape index (κ3) is 4.91. The second-order valence-electron chi connectivity index (χ2n) is 7.67. The molecule has 5 aromatic rings. The van der Waals surface area contributed by atoms with Crippen molar-refractivity contribution in [2.45, 2.75) is 13.5 Å². The Hall–Kier alpha value is -4.03. The first kappa shape index (κ1) is 20.8. The first-order valence-electron chi connectivity index (χ1n) is 10.6. The molecule has 5 rings (SSSR count). The zero-order valence-corrected chi connectivity index (χ0v) is 18.8. The Balaban J connectivity index is 1.31. The van der Waals surface area contributed by atoms with E-state index in [1.54, 1.807) is 0 Å². The maximum atomic E-state index is 12.8. The van der Waals surface area contributed by atoms with Gasteiger partial charge in [-0.05, 0) is 47.9 Å². The average Bonchev–Trinajstić information content (AvgIpc) is 3.37. The number of nitrogens with zero attached hydrogens (tertiary/aromatic N) is 3. The van der Waals surface area contributed by atoms with Gasteiger partial charge in [0.25, 0.3) is 5.56 Å². The Bertz CT molecular complexity index is 1520. The van der Waals surface area contributed by atoms with Crippen molar-refractivity contribution in [1.29, 1.82) is 0 Å². The van der Waals surface area contributed by atoms with E-state index in [-0.39, 0.29) is 5.56 Å². The predicted octanol–water partition coefficient (Wildman–Crippen LogP) is 4.76. The molecule has 0 aliphatic heterocycles. The number of ether oxygens (including phenoxy) is 1. The van der Waals surface area contributed by atoms with Gasteiger partial charge < -0.3 is 4.74 Å². The Morgan fingerprint density at radius 2 is 1.64 bits per heavy atom. The number of aromatic nitrogens is 3. The highest BCUT2D eigenvalue weighted by Gasteiger charge is 2.09. The molecule has 162 valence electrons. The van der Waals surface area contributed by atoms with Crippen LogP contribution in [-0.2, 0) is 6.61 Å². The standard InChI is InChI=1S/C27H21N3O2S/c1-19-7-9-20(10-8-19)13-16-25-28-27-30(29-25)26(31)24(33-27)17-21-11-14-23(15-12-21)32-18-22-5-3-2-4-6-22/h2-17H,18H2,1H3. The van der Waals surface area contributed by atoms with Crippen molar-refractivity contribution >= 4 is 34.5 Å². The third-order valence-electron chi connectivity index (χ3n) is 5.13. The molecule has 0 radical (unpaired) electrons. The van der Waals surface area contributed by atoms with Gasteiger partial charge in [-0.3, -0.25) is 4.79 Å². The summed E-state index contributed by atoms with van der Waals surface area (Å²) in [4.78, 5) is 17.8. The Labute approximate surface area is 194 Å². The molecule has 0 aliphatic carbocycles. The van der Waals surface area contributed by atoms with Crippen molar-refractivity contribution < 1.29 is 4.74 Å². The number of fused-ring (bicyclic) bond motifs is 1. The molecule has 0 unspecified atom stereocenters. The Morgan fingerprint density at radius 1 is 0.909 bits per heavy atom. The van der Waals surface area contributed by atoms with Crippen LogP contribution in [0.25, 0.3) is 23.2 Å². The Morgan fingerprint density at radius 3 is 2.36 bits per heavy atom. The molecule has 5 nitrogen and oxygen atoms in total. The lowest BCUT2D eigenvalue weighted by atomic mass is 10.1. The van der Waals surface area contributed by atoms with Crippen LogP contribution in [0.1, 0.15) is 28.1 Å². The number of thiazole rings is 1. The first-order valence-corrected chi connectivity index (χ1v) is 11.4. The number of hydrogen-bond donors (Lipinski definition) is 0. The lowest BCUT2D eigenvalue weighted by Gasteiger charge is -2.06. The summed E-state index contributed by atoms with van der Waals surface area (Å²) in [5, 5.41) is 4.35. The summed E-state index contributed by atoms with van der Waals surface area (Å²) in [6.07, 6.45) is 5.62. The van der Waals surface area contributed by atoms with Crippen molar-refractivity contribution in [2.75, 3.05) is 0 Å². The van der Waals surface area contributed by atoms with Gasteiger partial charge in [-0.15, -0.1) is 5.10 Å². The summed E-state index contributed by atoms with van der Waals surface area (Å²) in [6, 6.07) is 25.9. The van der Waals surface area contributed by atoms with Gasteiger partial charge in [-0.2, -0.15) is 9.50 Å². The number of rotatable bonds is 6. The molecule has 2 aromatic heterocycles. The molecule has 2 heterocycles. The molecule has 3 aromatic carbocycles. The molecule has 33 heavy (non-hydrogen) atoms. The minimum absolute atomic E-state index is 0.165. The molecule has 0 fully saturated rings. The van der Waals surface area contributed by atoms with Crippen LogP contribution in [0, 0.1) is 6.92 Å². The van der Waals surface area contributed by atoms with Gasteiger partial charge >= 0.3 is 0 Å². The summed E-state index contributed by atoms with van der Waals surface area (Å²) in [6.45, 7) is 2.57. The van der Waals surface area contributed by atoms with Gasteiger partial charge in [0.15, 0.2) is 5.82 Å². The van der Waals surface area contributed by atoms with E-state index in [0.717, 1.165) is 22.4 Å². The van der Waals surface area contributed by atoms with E-state index < -0.39 is 0 Å². The van der Waals surface area contributed by atoms with E-state index in [0.29, 0.717) is 21.9 Å². The molecule has 0 saturated carbocycles. The monoisotopic (exact) mass is 451 g/mol. The van der Waals surface area contributed by atoms with Gasteiger partial charge in [0, 0.05) is 0 Å². The molecular weight excluding hydrogens is 430 g/mol. The van der Waals surface area contributed by atoms with E-state index >= 15 is 0 Å². The van der Waals surface area contributed by atoms with Crippen molar-refractivity contribution in [2.24, 2.45) is 0 Å². The quantitative estimate of drug-likeness (QED) is 0.374. The van der Waals surface area contributed by atoms with E-state index in [9.17, 15) is 4.79 Å². The van der Waals surface area contributed by atoms with Crippen LogP contribution >= 0.6 is 11.3 Å². The molecule has 0 spiro atoms. The minimum atomic E-state index is -0.165. The maximum absolute atomic E-state index is 12.8. The lowest BCUT2D eigenvalue weighted by Crippen LogP contribution is -2.23. The van der Waals surface area contributed by atoms with Crippen molar-refractivity contribution in [3.63, 3.8) is 0 Å². The zero-order valence-electron chi connectivity index (χ0n) is 18.0. The molecule has 6 heteroatoms. The fraction of sp³-hybridized carbons (Fsp3) is 0.0741. The first-order chi connectivity index (χ1) is 16.1. The molecule has 0 bridgehead atoms. The number of hydrogen-bond acceptors (Lipinski definition) is 5. The fourth-order valence-corrected chi connectivity index (χ4v) is 4.24. The zero-order chi connectivity index (χ0) is 22.6. The van der Waals surface area contributed by atoms with Crippen LogP contribution in [0.4, 0.5) is 0 Å². The second-order valence-corrected chi connectivity index (χ2v) is 8.68. The number of aryl methyl sites for hydroxylation is 1. The van der Waals surface area contributed by atoms with Crippen LogP contribution in [0.3, 0.4) is 0 Å². The van der Waals surface area contributed by atoms with Crippen LogP contribution in [0.5, 0.6) is 5.75 Å². The lowest BCUT2D eigenvalue weighted by molar-refractivity contribution is 0.306. The van der Waals surface area contributed by atoms with Crippen LogP contribution < -0.4 is 14.8 Å². The second kappa shape index (κ2) is 9.22. The average molecular weight is 452 g/mol. The van der Waals surface area contributed by atoms with Gasteiger partial charge in [0.2, 0.25) is 4.96 Å². The summed E-state index contributed by atoms with van der Waals surface area (Å²) in [5.74, 6) is 1.30. The molecular formula is C27H21N3O2S. The van der Waals surface area contributed by atoms with Crippen molar-refractivity contribution in [3.05, 3.63) is 122 Å².